The van der Waals surface area contributed by atoms with Crippen molar-refractivity contribution in [2.24, 2.45) is 0 Å². The molecule has 5 nitrogen and oxygen atoms in total. The molecule has 0 N–H and O–H groups in total. The molecule has 0 aromatic heterocycles. The lowest BCUT2D eigenvalue weighted by atomic mass is 10.1. The summed E-state index contributed by atoms with van der Waals surface area (Å²) < 4.78 is 5.14. The molecule has 0 saturated carbocycles. The molecule has 1 aliphatic heterocycles. The van der Waals surface area contributed by atoms with Gasteiger partial charge in [-0.3, -0.25) is 14.6 Å². The largest absolute Gasteiger partial charge is 0.465 e. The van der Waals surface area contributed by atoms with E-state index in [0.29, 0.717) is 13.2 Å². The van der Waals surface area contributed by atoms with E-state index in [1.54, 1.807) is 0 Å². The summed E-state index contributed by atoms with van der Waals surface area (Å²) in [7, 11) is 0. The second-order valence-electron chi connectivity index (χ2n) is 4.53. The Bertz CT molecular complexity index is 293. The number of hydrogen-bond donors (Lipinski definition) is 0. The lowest BCUT2D eigenvalue weighted by Gasteiger charge is -2.37. The molecule has 1 unspecified atom stereocenters. The number of nitrogens with zero attached hydrogens (tertiary/aromatic N) is 3. The first kappa shape index (κ1) is 14.9. The van der Waals surface area contributed by atoms with Crippen LogP contribution in [0.5, 0.6) is 0 Å². The Hall–Kier alpha value is -1.12. The second-order valence-corrected chi connectivity index (χ2v) is 4.53. The van der Waals surface area contributed by atoms with Gasteiger partial charge in [-0.15, -0.1) is 0 Å². The molecule has 1 fully saturated rings. The zero-order valence-electron chi connectivity index (χ0n) is 11.4. The molecule has 0 aromatic carbocycles. The smallest absolute Gasteiger partial charge is 0.323 e. The second kappa shape index (κ2) is 8.06. The van der Waals surface area contributed by atoms with E-state index in [9.17, 15) is 4.79 Å². The molecule has 102 valence electrons. The summed E-state index contributed by atoms with van der Waals surface area (Å²) in [6.45, 7) is 8.22. The third-order valence-corrected chi connectivity index (χ3v) is 3.26. The average Bonchev–Trinajstić information content (AvgIpc) is 2.38. The van der Waals surface area contributed by atoms with Crippen LogP contribution in [0.2, 0.25) is 0 Å². The third-order valence-electron chi connectivity index (χ3n) is 3.26. The lowest BCUT2D eigenvalue weighted by molar-refractivity contribution is -0.150. The van der Waals surface area contributed by atoms with Gasteiger partial charge in [-0.1, -0.05) is 13.3 Å². The molecule has 0 radical (unpaired) electrons. The van der Waals surface area contributed by atoms with Gasteiger partial charge in [0.1, 0.15) is 6.04 Å². The van der Waals surface area contributed by atoms with E-state index in [0.717, 1.165) is 39.0 Å². The van der Waals surface area contributed by atoms with Gasteiger partial charge in [0.2, 0.25) is 0 Å². The molecular formula is C13H23N3O2. The maximum atomic E-state index is 11.9. The van der Waals surface area contributed by atoms with Crippen molar-refractivity contribution in [2.75, 3.05) is 39.3 Å². The Balaban J connectivity index is 2.50. The molecule has 5 heteroatoms. The van der Waals surface area contributed by atoms with Crippen molar-refractivity contribution in [1.82, 2.24) is 9.80 Å². The first-order valence-electron chi connectivity index (χ1n) is 6.72. The minimum absolute atomic E-state index is 0.104. The number of carbonyl (C=O) groups is 1. The molecule has 1 saturated heterocycles. The van der Waals surface area contributed by atoms with Crippen molar-refractivity contribution in [1.29, 1.82) is 5.26 Å². The zero-order chi connectivity index (χ0) is 13.4. The predicted octanol–water partition coefficient (Wildman–Crippen LogP) is 0.859. The van der Waals surface area contributed by atoms with Gasteiger partial charge in [0, 0.05) is 26.2 Å². The van der Waals surface area contributed by atoms with Gasteiger partial charge in [-0.25, -0.2) is 0 Å². The topological polar surface area (TPSA) is 56.6 Å². The number of hydrogen-bond acceptors (Lipinski definition) is 5. The summed E-state index contributed by atoms with van der Waals surface area (Å²) in [6.07, 6.45) is 1.82. The lowest BCUT2D eigenvalue weighted by Crippen LogP contribution is -2.53. The van der Waals surface area contributed by atoms with Gasteiger partial charge in [0.05, 0.1) is 19.2 Å². The molecule has 0 amide bonds. The molecule has 1 atom stereocenters. The highest BCUT2D eigenvalue weighted by Crippen LogP contribution is 2.12. The monoisotopic (exact) mass is 253 g/mol. The van der Waals surface area contributed by atoms with Gasteiger partial charge < -0.3 is 4.74 Å². The van der Waals surface area contributed by atoms with Crippen molar-refractivity contribution < 1.29 is 9.53 Å². The molecule has 0 aliphatic carbocycles. The summed E-state index contributed by atoms with van der Waals surface area (Å²) in [6, 6.07) is 2.05. The Morgan fingerprint density at radius 1 is 1.33 bits per heavy atom. The minimum Gasteiger partial charge on any atom is -0.465 e. The van der Waals surface area contributed by atoms with E-state index in [1.807, 2.05) is 6.92 Å². The number of nitriles is 1. The highest BCUT2D eigenvalue weighted by molar-refractivity contribution is 5.75. The fourth-order valence-corrected chi connectivity index (χ4v) is 2.29. The van der Waals surface area contributed by atoms with Gasteiger partial charge in [-0.2, -0.15) is 5.26 Å². The Kier molecular flexibility index (Phi) is 6.69. The normalized spacial score (nSPS) is 19.2. The van der Waals surface area contributed by atoms with Crippen LogP contribution < -0.4 is 0 Å². The summed E-state index contributed by atoms with van der Waals surface area (Å²) in [5, 5.41) is 8.66. The van der Waals surface area contributed by atoms with E-state index in [4.69, 9.17) is 10.00 Å². The molecule has 1 heterocycles. The summed E-state index contributed by atoms with van der Waals surface area (Å²) in [5.74, 6) is -0.104. The van der Waals surface area contributed by atoms with Crippen molar-refractivity contribution >= 4 is 5.97 Å². The molecular weight excluding hydrogens is 230 g/mol. The van der Waals surface area contributed by atoms with Gasteiger partial charge in [-0.05, 0) is 13.3 Å². The number of piperazine rings is 1. The van der Waals surface area contributed by atoms with Gasteiger partial charge in [0.15, 0.2) is 0 Å². The number of esters is 1. The maximum Gasteiger partial charge on any atom is 0.323 e. The van der Waals surface area contributed by atoms with E-state index < -0.39 is 0 Å². The fraction of sp³-hybridized carbons (Fsp3) is 0.846. The van der Waals surface area contributed by atoms with Crippen LogP contribution in [0, 0.1) is 11.3 Å². The van der Waals surface area contributed by atoms with Crippen LogP contribution in [-0.2, 0) is 9.53 Å². The standard InChI is InChI=1S/C13H23N3O2/c1-3-5-12(13(17)18-4-2)16-10-8-15(7-6-14)9-11-16/h12H,3-5,7-11H2,1-2H3. The third kappa shape index (κ3) is 4.28. The van der Waals surface area contributed by atoms with Gasteiger partial charge in [0.25, 0.3) is 0 Å². The zero-order valence-corrected chi connectivity index (χ0v) is 11.4. The van der Waals surface area contributed by atoms with E-state index >= 15 is 0 Å². The summed E-state index contributed by atoms with van der Waals surface area (Å²) in [5.41, 5.74) is 0. The summed E-state index contributed by atoms with van der Waals surface area (Å²) in [4.78, 5) is 16.2. The van der Waals surface area contributed by atoms with Crippen molar-refractivity contribution in [3.05, 3.63) is 0 Å². The van der Waals surface area contributed by atoms with Crippen LogP contribution in [-0.4, -0.2) is 61.1 Å². The van der Waals surface area contributed by atoms with Crippen LogP contribution >= 0.6 is 0 Å². The van der Waals surface area contributed by atoms with E-state index in [1.165, 1.54) is 0 Å². The van der Waals surface area contributed by atoms with Crippen molar-refractivity contribution in [3.8, 4) is 6.07 Å². The maximum absolute atomic E-state index is 11.9. The van der Waals surface area contributed by atoms with Gasteiger partial charge >= 0.3 is 5.97 Å². The predicted molar refractivity (Wildman–Crippen MR) is 69.0 cm³/mol. The molecule has 18 heavy (non-hydrogen) atoms. The highest BCUT2D eigenvalue weighted by atomic mass is 16.5. The van der Waals surface area contributed by atoms with Crippen LogP contribution in [0.4, 0.5) is 0 Å². The van der Waals surface area contributed by atoms with E-state index in [2.05, 4.69) is 22.8 Å². The highest BCUT2D eigenvalue weighted by Gasteiger charge is 2.29. The van der Waals surface area contributed by atoms with Crippen LogP contribution in [0.15, 0.2) is 0 Å². The molecule has 1 aliphatic rings. The SMILES string of the molecule is CCCC(C(=O)OCC)N1CCN(CC#N)CC1. The first-order valence-corrected chi connectivity index (χ1v) is 6.72. The fourth-order valence-electron chi connectivity index (χ4n) is 2.29. The van der Waals surface area contributed by atoms with Crippen LogP contribution in [0.3, 0.4) is 0 Å². The summed E-state index contributed by atoms with van der Waals surface area (Å²) >= 11 is 0. The van der Waals surface area contributed by atoms with E-state index in [-0.39, 0.29) is 12.0 Å². The van der Waals surface area contributed by atoms with Crippen molar-refractivity contribution in [3.63, 3.8) is 0 Å². The number of carbonyl (C=O) groups excluding carboxylic acids is 1. The number of rotatable bonds is 6. The van der Waals surface area contributed by atoms with Crippen LogP contribution in [0.25, 0.3) is 0 Å². The molecule has 0 spiro atoms. The quantitative estimate of drug-likeness (QED) is 0.519. The molecule has 0 bridgehead atoms. The Morgan fingerprint density at radius 3 is 2.50 bits per heavy atom. The Labute approximate surface area is 109 Å². The molecule has 1 rings (SSSR count). The Morgan fingerprint density at radius 2 is 2.00 bits per heavy atom. The average molecular weight is 253 g/mol. The first-order chi connectivity index (χ1) is 8.72. The number of ether oxygens (including phenoxy) is 1. The minimum atomic E-state index is -0.112. The molecule has 0 aromatic rings. The van der Waals surface area contributed by atoms with Crippen LogP contribution in [0.1, 0.15) is 26.7 Å². The van der Waals surface area contributed by atoms with Crippen molar-refractivity contribution in [2.45, 2.75) is 32.7 Å².